The van der Waals surface area contributed by atoms with Gasteiger partial charge in [0.15, 0.2) is 5.03 Å². The number of hydrogen-bond acceptors (Lipinski definition) is 7. The molecular formula is C16H23N5O4S. The Morgan fingerprint density at radius 2 is 1.96 bits per heavy atom. The molecule has 3 heterocycles. The molecule has 0 radical (unpaired) electrons. The fourth-order valence-electron chi connectivity index (χ4n) is 2.74. The summed E-state index contributed by atoms with van der Waals surface area (Å²) in [5, 5.41) is 7.85. The van der Waals surface area contributed by atoms with E-state index in [-0.39, 0.29) is 23.7 Å². The Bertz CT molecular complexity index is 835. The fraction of sp³-hybridized carbons (Fsp3) is 0.562. The summed E-state index contributed by atoms with van der Waals surface area (Å²) < 4.78 is 39.7. The highest BCUT2D eigenvalue weighted by atomic mass is 32.2. The maximum atomic E-state index is 12.9. The molecule has 3 rings (SSSR count). The summed E-state index contributed by atoms with van der Waals surface area (Å²) in [5.74, 6) is 0.741. The molecular weight excluding hydrogens is 358 g/mol. The van der Waals surface area contributed by atoms with E-state index in [0.717, 1.165) is 6.42 Å². The molecule has 0 aliphatic carbocycles. The van der Waals surface area contributed by atoms with E-state index in [2.05, 4.69) is 15.2 Å². The summed E-state index contributed by atoms with van der Waals surface area (Å²) in [6.07, 6.45) is 4.29. The van der Waals surface area contributed by atoms with E-state index < -0.39 is 10.0 Å². The lowest BCUT2D eigenvalue weighted by atomic mass is 10.1. The number of imidazole rings is 1. The molecule has 1 aliphatic rings. The predicted molar refractivity (Wildman–Crippen MR) is 93.6 cm³/mol. The van der Waals surface area contributed by atoms with Gasteiger partial charge in [-0.25, -0.2) is 13.4 Å². The number of methoxy groups -OCH3 is 1. The average Bonchev–Trinajstić information content (AvgIpc) is 3.14. The molecule has 1 atom stereocenters. The Labute approximate surface area is 153 Å². The SMILES string of the molecule is COc1ccc(OC2CCCN(S(=O)(=O)c3cn(C(C)C)cn3)C2)nn1. The van der Waals surface area contributed by atoms with Crippen LogP contribution in [-0.2, 0) is 10.0 Å². The van der Waals surface area contributed by atoms with Crippen LogP contribution in [0.2, 0.25) is 0 Å². The highest BCUT2D eigenvalue weighted by Gasteiger charge is 2.33. The summed E-state index contributed by atoms with van der Waals surface area (Å²) in [6, 6.07) is 3.46. The number of aromatic nitrogens is 4. The Balaban J connectivity index is 1.70. The van der Waals surface area contributed by atoms with Crippen LogP contribution in [0.3, 0.4) is 0 Å². The molecule has 9 nitrogen and oxygen atoms in total. The molecule has 1 saturated heterocycles. The van der Waals surface area contributed by atoms with Gasteiger partial charge in [-0.3, -0.25) is 0 Å². The zero-order chi connectivity index (χ0) is 18.7. The van der Waals surface area contributed by atoms with E-state index in [0.29, 0.717) is 24.7 Å². The second kappa shape index (κ2) is 7.58. The number of sulfonamides is 1. The van der Waals surface area contributed by atoms with Crippen molar-refractivity contribution in [2.45, 2.75) is 43.9 Å². The highest BCUT2D eigenvalue weighted by molar-refractivity contribution is 7.89. The van der Waals surface area contributed by atoms with Crippen molar-refractivity contribution in [1.82, 2.24) is 24.1 Å². The molecule has 1 unspecified atom stereocenters. The van der Waals surface area contributed by atoms with Crippen molar-refractivity contribution in [3.05, 3.63) is 24.7 Å². The van der Waals surface area contributed by atoms with E-state index in [4.69, 9.17) is 9.47 Å². The van der Waals surface area contributed by atoms with Crippen LogP contribution in [0, 0.1) is 0 Å². The zero-order valence-electron chi connectivity index (χ0n) is 15.1. The molecule has 2 aromatic heterocycles. The monoisotopic (exact) mass is 381 g/mol. The van der Waals surface area contributed by atoms with E-state index in [1.54, 1.807) is 29.2 Å². The van der Waals surface area contributed by atoms with Gasteiger partial charge in [0.25, 0.3) is 10.0 Å². The highest BCUT2D eigenvalue weighted by Crippen LogP contribution is 2.23. The fourth-order valence-corrected chi connectivity index (χ4v) is 4.17. The molecule has 0 aromatic carbocycles. The minimum absolute atomic E-state index is 0.0658. The summed E-state index contributed by atoms with van der Waals surface area (Å²) in [7, 11) is -2.14. The molecule has 0 bridgehead atoms. The molecule has 10 heteroatoms. The predicted octanol–water partition coefficient (Wildman–Crippen LogP) is 1.49. The Kier molecular flexibility index (Phi) is 5.42. The van der Waals surface area contributed by atoms with Gasteiger partial charge in [0.1, 0.15) is 6.10 Å². The molecule has 26 heavy (non-hydrogen) atoms. The third kappa shape index (κ3) is 3.96. The number of piperidine rings is 1. The lowest BCUT2D eigenvalue weighted by Crippen LogP contribution is -2.44. The zero-order valence-corrected chi connectivity index (χ0v) is 15.9. The largest absolute Gasteiger partial charge is 0.480 e. The standard InChI is InChI=1S/C16H23N5O4S/c1-12(2)20-10-16(17-11-20)26(22,23)21-8-4-5-13(9-21)25-15-7-6-14(24-3)18-19-15/h6-7,10-13H,4-5,8-9H2,1-3H3. The van der Waals surface area contributed by atoms with Gasteiger partial charge in [-0.05, 0) is 26.7 Å². The normalized spacial score (nSPS) is 18.8. The number of nitrogens with zero attached hydrogens (tertiary/aromatic N) is 5. The van der Waals surface area contributed by atoms with Crippen LogP contribution >= 0.6 is 0 Å². The van der Waals surface area contributed by atoms with Gasteiger partial charge >= 0.3 is 0 Å². The Morgan fingerprint density at radius 1 is 1.23 bits per heavy atom. The quantitative estimate of drug-likeness (QED) is 0.747. The van der Waals surface area contributed by atoms with Crippen molar-refractivity contribution in [2.24, 2.45) is 0 Å². The van der Waals surface area contributed by atoms with Crippen LogP contribution in [0.5, 0.6) is 11.8 Å². The van der Waals surface area contributed by atoms with Crippen molar-refractivity contribution in [3.63, 3.8) is 0 Å². The van der Waals surface area contributed by atoms with Gasteiger partial charge in [0, 0.05) is 30.9 Å². The molecule has 0 amide bonds. The first-order valence-electron chi connectivity index (χ1n) is 8.48. The third-order valence-electron chi connectivity index (χ3n) is 4.23. The van der Waals surface area contributed by atoms with Crippen molar-refractivity contribution < 1.29 is 17.9 Å². The van der Waals surface area contributed by atoms with Crippen LogP contribution in [0.4, 0.5) is 0 Å². The maximum Gasteiger partial charge on any atom is 0.262 e. The summed E-state index contributed by atoms with van der Waals surface area (Å²) >= 11 is 0. The van der Waals surface area contributed by atoms with Crippen LogP contribution in [0.25, 0.3) is 0 Å². The topological polar surface area (TPSA) is 99.4 Å². The molecule has 0 saturated carbocycles. The Hall–Kier alpha value is -2.20. The van der Waals surface area contributed by atoms with Crippen LogP contribution in [0.15, 0.2) is 29.7 Å². The number of ether oxygens (including phenoxy) is 2. The van der Waals surface area contributed by atoms with E-state index >= 15 is 0 Å². The second-order valence-corrected chi connectivity index (χ2v) is 8.30. The van der Waals surface area contributed by atoms with E-state index in [9.17, 15) is 8.42 Å². The lowest BCUT2D eigenvalue weighted by Gasteiger charge is -2.31. The number of hydrogen-bond donors (Lipinski definition) is 0. The van der Waals surface area contributed by atoms with Crippen molar-refractivity contribution in [1.29, 1.82) is 0 Å². The second-order valence-electron chi connectivity index (χ2n) is 6.41. The van der Waals surface area contributed by atoms with Gasteiger partial charge in [-0.15, -0.1) is 10.2 Å². The van der Waals surface area contributed by atoms with Crippen molar-refractivity contribution in [2.75, 3.05) is 20.2 Å². The molecule has 2 aromatic rings. The van der Waals surface area contributed by atoms with Crippen LogP contribution in [0.1, 0.15) is 32.7 Å². The molecule has 0 N–H and O–H groups in total. The lowest BCUT2D eigenvalue weighted by molar-refractivity contribution is 0.123. The van der Waals surface area contributed by atoms with Gasteiger partial charge in [-0.1, -0.05) is 0 Å². The van der Waals surface area contributed by atoms with Crippen molar-refractivity contribution >= 4 is 10.0 Å². The first-order valence-corrected chi connectivity index (χ1v) is 9.92. The summed E-state index contributed by atoms with van der Waals surface area (Å²) in [5.41, 5.74) is 0. The molecule has 1 fully saturated rings. The average molecular weight is 381 g/mol. The molecule has 0 spiro atoms. The van der Waals surface area contributed by atoms with E-state index in [1.165, 1.54) is 11.4 Å². The first-order chi connectivity index (χ1) is 12.4. The first kappa shape index (κ1) is 18.6. The van der Waals surface area contributed by atoms with Gasteiger partial charge in [-0.2, -0.15) is 4.31 Å². The molecule has 142 valence electrons. The van der Waals surface area contributed by atoms with Crippen LogP contribution in [-0.4, -0.2) is 58.8 Å². The summed E-state index contributed by atoms with van der Waals surface area (Å²) in [4.78, 5) is 4.07. The third-order valence-corrected chi connectivity index (χ3v) is 5.98. The maximum absolute atomic E-state index is 12.9. The minimum Gasteiger partial charge on any atom is -0.480 e. The number of rotatable bonds is 6. The van der Waals surface area contributed by atoms with Gasteiger partial charge in [0.05, 0.1) is 20.0 Å². The molecule has 1 aliphatic heterocycles. The Morgan fingerprint density at radius 3 is 2.58 bits per heavy atom. The van der Waals surface area contributed by atoms with Gasteiger partial charge in [0.2, 0.25) is 11.8 Å². The smallest absolute Gasteiger partial charge is 0.262 e. The van der Waals surface area contributed by atoms with Gasteiger partial charge < -0.3 is 14.0 Å². The van der Waals surface area contributed by atoms with E-state index in [1.807, 2.05) is 13.8 Å². The summed E-state index contributed by atoms with van der Waals surface area (Å²) in [6.45, 7) is 4.65. The minimum atomic E-state index is -3.65. The van der Waals surface area contributed by atoms with Crippen LogP contribution < -0.4 is 9.47 Å². The van der Waals surface area contributed by atoms with Crippen molar-refractivity contribution in [3.8, 4) is 11.8 Å².